The molecule has 0 spiro atoms. The topological polar surface area (TPSA) is 135 Å². The number of H-pyrrole nitrogens is 1. The zero-order valence-corrected chi connectivity index (χ0v) is 23.4. The van der Waals surface area contributed by atoms with Gasteiger partial charge in [0.15, 0.2) is 17.3 Å². The molecule has 4 rings (SSSR count). The summed E-state index contributed by atoms with van der Waals surface area (Å²) in [6, 6.07) is 12.2. The zero-order chi connectivity index (χ0) is 30.9. The van der Waals surface area contributed by atoms with E-state index in [-0.39, 0.29) is 35.1 Å². The van der Waals surface area contributed by atoms with Crippen LogP contribution >= 0.6 is 0 Å². The SMILES string of the molecule is CCOc1ccn(-c2ccc(F)cc2)c(=O)c1C(=O)Nc1ccc(O/C(=C/C=N)c2[nH]ccc2/C(C)=C/C=C\N)c(F)c1. The first kappa shape index (κ1) is 30.3. The summed E-state index contributed by atoms with van der Waals surface area (Å²) in [7, 11) is 0. The maximum Gasteiger partial charge on any atom is 0.271 e. The standard InChI is InChI=1S/C32H29F2N5O4/c1-3-42-27-14-18-39(23-9-6-21(33)7-10-23)32(41)29(27)31(40)38-22-8-11-26(25(34)19-22)43-28(12-16-36)30-24(13-17-37-30)20(2)5-4-15-35/h4-19,36-37H,3,35H2,1-2H3,(H,38,40)/b15-4-,20-5+,28-12+,36-16?. The van der Waals surface area contributed by atoms with E-state index < -0.39 is 23.1 Å². The third kappa shape index (κ3) is 6.96. The van der Waals surface area contributed by atoms with E-state index in [9.17, 15) is 14.0 Å². The molecule has 9 nitrogen and oxygen atoms in total. The summed E-state index contributed by atoms with van der Waals surface area (Å²) in [5, 5.41) is 10.1. The molecule has 0 aliphatic carbocycles. The Labute approximate surface area is 246 Å². The summed E-state index contributed by atoms with van der Waals surface area (Å²) in [6.07, 6.45) is 10.4. The Hall–Kier alpha value is -5.71. The minimum Gasteiger partial charge on any atom is -0.493 e. The number of aromatic amines is 1. The number of ether oxygens (including phenoxy) is 2. The van der Waals surface area contributed by atoms with Gasteiger partial charge in [0.05, 0.1) is 12.3 Å². The number of nitrogens with zero attached hydrogens (tertiary/aromatic N) is 1. The molecule has 0 saturated heterocycles. The lowest BCUT2D eigenvalue weighted by Gasteiger charge is -2.15. The van der Waals surface area contributed by atoms with E-state index in [1.54, 1.807) is 25.3 Å². The van der Waals surface area contributed by atoms with Crippen LogP contribution in [-0.4, -0.2) is 28.3 Å². The van der Waals surface area contributed by atoms with E-state index in [4.69, 9.17) is 20.6 Å². The van der Waals surface area contributed by atoms with E-state index in [0.29, 0.717) is 11.4 Å². The number of aromatic nitrogens is 2. The van der Waals surface area contributed by atoms with Gasteiger partial charge in [0.25, 0.3) is 11.5 Å². The van der Waals surface area contributed by atoms with E-state index in [1.165, 1.54) is 65.5 Å². The van der Waals surface area contributed by atoms with Gasteiger partial charge in [-0.05, 0) is 80.2 Å². The average molecular weight is 586 g/mol. The Morgan fingerprint density at radius 3 is 2.53 bits per heavy atom. The van der Waals surface area contributed by atoms with Crippen molar-refractivity contribution in [1.82, 2.24) is 9.55 Å². The van der Waals surface area contributed by atoms with Crippen LogP contribution in [0.2, 0.25) is 0 Å². The molecule has 2 aromatic carbocycles. The molecule has 0 atom stereocenters. The molecule has 0 bridgehead atoms. The second kappa shape index (κ2) is 13.8. The second-order valence-corrected chi connectivity index (χ2v) is 9.04. The molecule has 0 aliphatic heterocycles. The number of benzene rings is 2. The minimum absolute atomic E-state index is 0.0401. The number of pyridine rings is 1. The molecule has 5 N–H and O–H groups in total. The van der Waals surface area contributed by atoms with Gasteiger partial charge in [0.1, 0.15) is 17.1 Å². The maximum atomic E-state index is 15.2. The molecule has 2 heterocycles. The molecule has 2 aromatic heterocycles. The minimum atomic E-state index is -0.827. The van der Waals surface area contributed by atoms with Crippen LogP contribution in [0.15, 0.2) is 96.2 Å². The summed E-state index contributed by atoms with van der Waals surface area (Å²) >= 11 is 0. The van der Waals surface area contributed by atoms with Crippen molar-refractivity contribution in [3.05, 3.63) is 130 Å². The Balaban J connectivity index is 1.61. The lowest BCUT2D eigenvalue weighted by atomic mass is 10.1. The molecular formula is C32H29F2N5O4. The van der Waals surface area contributed by atoms with Crippen molar-refractivity contribution < 1.29 is 23.0 Å². The number of nitrogens with one attached hydrogen (secondary N) is 3. The van der Waals surface area contributed by atoms with Crippen LogP contribution in [0.25, 0.3) is 17.0 Å². The van der Waals surface area contributed by atoms with Gasteiger partial charge in [0.2, 0.25) is 0 Å². The number of halogens is 2. The van der Waals surface area contributed by atoms with Crippen molar-refractivity contribution in [3.63, 3.8) is 0 Å². The smallest absolute Gasteiger partial charge is 0.271 e. The third-order valence-corrected chi connectivity index (χ3v) is 6.21. The zero-order valence-electron chi connectivity index (χ0n) is 23.4. The lowest BCUT2D eigenvalue weighted by molar-refractivity contribution is 0.102. The molecule has 220 valence electrons. The number of hydrogen-bond donors (Lipinski definition) is 4. The normalized spacial score (nSPS) is 11.9. The van der Waals surface area contributed by atoms with Crippen LogP contribution in [0.3, 0.4) is 0 Å². The summed E-state index contributed by atoms with van der Waals surface area (Å²) < 4.78 is 41.2. The highest BCUT2D eigenvalue weighted by Crippen LogP contribution is 2.30. The number of rotatable bonds is 11. The highest BCUT2D eigenvalue weighted by molar-refractivity contribution is 6.06. The number of nitrogens with two attached hydrogens (primary N) is 1. The first-order chi connectivity index (χ1) is 20.8. The number of carbonyl (C=O) groups excluding carboxylic acids is 1. The number of allylic oxidation sites excluding steroid dienone is 4. The van der Waals surface area contributed by atoms with Gasteiger partial charge in [0, 0.05) is 47.7 Å². The molecule has 1 amide bonds. The van der Waals surface area contributed by atoms with Gasteiger partial charge in [-0.1, -0.05) is 6.08 Å². The van der Waals surface area contributed by atoms with Gasteiger partial charge >= 0.3 is 0 Å². The van der Waals surface area contributed by atoms with Gasteiger partial charge in [-0.25, -0.2) is 8.78 Å². The van der Waals surface area contributed by atoms with Gasteiger partial charge < -0.3 is 30.9 Å². The van der Waals surface area contributed by atoms with Crippen molar-refractivity contribution in [3.8, 4) is 17.2 Å². The fraction of sp³-hybridized carbons (Fsp3) is 0.0938. The van der Waals surface area contributed by atoms with E-state index in [2.05, 4.69) is 10.3 Å². The first-order valence-electron chi connectivity index (χ1n) is 13.1. The number of hydrogen-bond acceptors (Lipinski definition) is 6. The fourth-order valence-electron chi connectivity index (χ4n) is 4.22. The number of carbonyl (C=O) groups is 1. The molecule has 0 saturated carbocycles. The van der Waals surface area contributed by atoms with Crippen molar-refractivity contribution in [1.29, 1.82) is 5.41 Å². The molecule has 0 unspecified atom stereocenters. The predicted molar refractivity (Wildman–Crippen MR) is 163 cm³/mol. The third-order valence-electron chi connectivity index (χ3n) is 6.21. The largest absolute Gasteiger partial charge is 0.493 e. The van der Waals surface area contributed by atoms with Crippen molar-refractivity contribution in [2.24, 2.45) is 5.73 Å². The quantitative estimate of drug-likeness (QED) is 0.0967. The molecule has 43 heavy (non-hydrogen) atoms. The van der Waals surface area contributed by atoms with E-state index in [0.717, 1.165) is 23.4 Å². The second-order valence-electron chi connectivity index (χ2n) is 9.04. The Bertz CT molecular complexity index is 1790. The summed E-state index contributed by atoms with van der Waals surface area (Å²) in [6.45, 7) is 3.76. The monoisotopic (exact) mass is 585 g/mol. The predicted octanol–water partition coefficient (Wildman–Crippen LogP) is 6.04. The van der Waals surface area contributed by atoms with Crippen LogP contribution in [0.1, 0.15) is 35.5 Å². The molecule has 4 aromatic rings. The maximum absolute atomic E-state index is 15.2. The first-order valence-corrected chi connectivity index (χ1v) is 13.1. The average Bonchev–Trinajstić information content (AvgIpc) is 3.48. The molecule has 0 fully saturated rings. The Morgan fingerprint density at radius 1 is 1.09 bits per heavy atom. The molecule has 0 radical (unpaired) electrons. The summed E-state index contributed by atoms with van der Waals surface area (Å²) in [5.74, 6) is -2.05. The van der Waals surface area contributed by atoms with Gasteiger partial charge in [-0.3, -0.25) is 14.2 Å². The van der Waals surface area contributed by atoms with Crippen LogP contribution in [-0.2, 0) is 0 Å². The van der Waals surface area contributed by atoms with Crippen LogP contribution < -0.4 is 26.1 Å². The van der Waals surface area contributed by atoms with Gasteiger partial charge in [-0.2, -0.15) is 0 Å². The molecule has 11 heteroatoms. The Kier molecular flexibility index (Phi) is 9.69. The molecule has 0 aliphatic rings. The van der Waals surface area contributed by atoms with E-state index >= 15 is 4.39 Å². The number of anilines is 1. The van der Waals surface area contributed by atoms with Crippen LogP contribution in [0.4, 0.5) is 14.5 Å². The highest BCUT2D eigenvalue weighted by Gasteiger charge is 2.21. The summed E-state index contributed by atoms with van der Waals surface area (Å²) in [5.41, 5.74) is 6.95. The molecular weight excluding hydrogens is 556 g/mol. The Morgan fingerprint density at radius 2 is 1.86 bits per heavy atom. The number of amides is 1. The van der Waals surface area contributed by atoms with Crippen molar-refractivity contribution in [2.75, 3.05) is 11.9 Å². The fourth-order valence-corrected chi connectivity index (χ4v) is 4.22. The highest BCUT2D eigenvalue weighted by atomic mass is 19.1. The van der Waals surface area contributed by atoms with E-state index in [1.807, 2.05) is 13.0 Å². The van der Waals surface area contributed by atoms with Gasteiger partial charge in [-0.15, -0.1) is 0 Å². The van der Waals surface area contributed by atoms with Crippen molar-refractivity contribution in [2.45, 2.75) is 13.8 Å². The van der Waals surface area contributed by atoms with Crippen LogP contribution in [0, 0.1) is 17.0 Å². The summed E-state index contributed by atoms with van der Waals surface area (Å²) in [4.78, 5) is 29.7. The lowest BCUT2D eigenvalue weighted by Crippen LogP contribution is -2.29. The van der Waals surface area contributed by atoms with Crippen molar-refractivity contribution >= 4 is 29.1 Å². The van der Waals surface area contributed by atoms with Crippen LogP contribution in [0.5, 0.6) is 11.5 Å².